The van der Waals surface area contributed by atoms with E-state index in [0.29, 0.717) is 5.92 Å². The van der Waals surface area contributed by atoms with Gasteiger partial charge in [0.25, 0.3) is 10.0 Å². The number of benzene rings is 2. The number of hydrogen-bond acceptors (Lipinski definition) is 4. The predicted octanol–water partition coefficient (Wildman–Crippen LogP) is 3.91. The van der Waals surface area contributed by atoms with Gasteiger partial charge in [-0.25, -0.2) is 16.8 Å². The zero-order valence-corrected chi connectivity index (χ0v) is 16.8. The quantitative estimate of drug-likeness (QED) is 0.758. The van der Waals surface area contributed by atoms with Gasteiger partial charge in [-0.05, 0) is 48.6 Å². The van der Waals surface area contributed by atoms with Crippen LogP contribution >= 0.6 is 0 Å². The van der Waals surface area contributed by atoms with Crippen molar-refractivity contribution in [3.63, 3.8) is 0 Å². The molecule has 2 aromatic rings. The van der Waals surface area contributed by atoms with Crippen LogP contribution in [0.5, 0.6) is 0 Å². The molecule has 3 rings (SSSR count). The largest absolute Gasteiger partial charge is 0.282 e. The Morgan fingerprint density at radius 1 is 0.778 bits per heavy atom. The molecular weight excluding hydrogens is 384 g/mol. The molecule has 1 fully saturated rings. The number of hydrogen-bond donors (Lipinski definition) is 2. The van der Waals surface area contributed by atoms with Crippen molar-refractivity contribution in [2.75, 3.05) is 15.7 Å². The van der Waals surface area contributed by atoms with Gasteiger partial charge in [-0.15, -0.1) is 0 Å². The van der Waals surface area contributed by atoms with Crippen molar-refractivity contribution in [1.29, 1.82) is 0 Å². The van der Waals surface area contributed by atoms with Crippen LogP contribution in [0, 0.1) is 0 Å². The van der Waals surface area contributed by atoms with Crippen molar-refractivity contribution in [2.24, 2.45) is 0 Å². The molecule has 0 aliphatic heterocycles. The Labute approximate surface area is 161 Å². The second-order valence-electron chi connectivity index (χ2n) is 6.93. The summed E-state index contributed by atoms with van der Waals surface area (Å²) in [5.41, 5.74) is 1.54. The van der Waals surface area contributed by atoms with E-state index in [1.165, 1.54) is 37.0 Å². The topological polar surface area (TPSA) is 92.3 Å². The molecule has 0 radical (unpaired) electrons. The molecule has 1 aliphatic rings. The molecule has 0 unspecified atom stereocenters. The highest BCUT2D eigenvalue weighted by atomic mass is 32.2. The van der Waals surface area contributed by atoms with Gasteiger partial charge < -0.3 is 0 Å². The standard InChI is InChI=1S/C19H24N2O4S2/c1-26(22,23)20-18-9-5-6-10-19(18)21-27(24,25)17-13-11-16(12-14-17)15-7-3-2-4-8-15/h5-6,9-15,20-21H,2-4,7-8H2,1H3. The Bertz CT molecular complexity index is 994. The van der Waals surface area contributed by atoms with Crippen LogP contribution in [0.4, 0.5) is 11.4 Å². The maximum absolute atomic E-state index is 12.7. The summed E-state index contributed by atoms with van der Waals surface area (Å²) in [4.78, 5) is 0.149. The highest BCUT2D eigenvalue weighted by Crippen LogP contribution is 2.33. The summed E-state index contributed by atoms with van der Waals surface area (Å²) in [6, 6.07) is 13.3. The smallest absolute Gasteiger partial charge is 0.261 e. The van der Waals surface area contributed by atoms with Crippen LogP contribution in [0.1, 0.15) is 43.6 Å². The van der Waals surface area contributed by atoms with Gasteiger partial charge in [0.05, 0.1) is 22.5 Å². The lowest BCUT2D eigenvalue weighted by Gasteiger charge is -2.22. The Morgan fingerprint density at radius 2 is 1.33 bits per heavy atom. The molecule has 0 spiro atoms. The van der Waals surface area contributed by atoms with E-state index in [1.807, 2.05) is 12.1 Å². The maximum Gasteiger partial charge on any atom is 0.261 e. The molecule has 0 heterocycles. The first-order chi connectivity index (χ1) is 12.7. The van der Waals surface area contributed by atoms with Crippen molar-refractivity contribution in [3.8, 4) is 0 Å². The van der Waals surface area contributed by atoms with E-state index in [4.69, 9.17) is 0 Å². The van der Waals surface area contributed by atoms with Crippen LogP contribution in [-0.2, 0) is 20.0 Å². The number of para-hydroxylation sites is 2. The Kier molecular flexibility index (Phi) is 5.76. The molecule has 8 heteroatoms. The van der Waals surface area contributed by atoms with E-state index in [1.54, 1.807) is 24.3 Å². The predicted molar refractivity (Wildman–Crippen MR) is 108 cm³/mol. The van der Waals surface area contributed by atoms with Crippen molar-refractivity contribution in [2.45, 2.75) is 42.9 Å². The minimum Gasteiger partial charge on any atom is -0.282 e. The molecule has 0 aromatic heterocycles. The van der Waals surface area contributed by atoms with Gasteiger partial charge >= 0.3 is 0 Å². The number of nitrogens with one attached hydrogen (secondary N) is 2. The SMILES string of the molecule is CS(=O)(=O)Nc1ccccc1NS(=O)(=O)c1ccc(C2CCCCC2)cc1. The summed E-state index contributed by atoms with van der Waals surface area (Å²) in [6.45, 7) is 0. The molecule has 1 saturated carbocycles. The monoisotopic (exact) mass is 408 g/mol. The second-order valence-corrected chi connectivity index (χ2v) is 10.4. The van der Waals surface area contributed by atoms with Crippen molar-refractivity contribution in [3.05, 3.63) is 54.1 Å². The lowest BCUT2D eigenvalue weighted by atomic mass is 9.84. The molecule has 6 nitrogen and oxygen atoms in total. The average Bonchev–Trinajstić information content (AvgIpc) is 2.63. The Hall–Kier alpha value is -2.06. The summed E-state index contributed by atoms with van der Waals surface area (Å²) < 4.78 is 53.2. The molecule has 2 N–H and O–H groups in total. The first kappa shape index (κ1) is 19.7. The first-order valence-corrected chi connectivity index (χ1v) is 12.3. The van der Waals surface area contributed by atoms with Gasteiger partial charge in [-0.2, -0.15) is 0 Å². The van der Waals surface area contributed by atoms with Crippen LogP contribution < -0.4 is 9.44 Å². The lowest BCUT2D eigenvalue weighted by Crippen LogP contribution is -2.16. The van der Waals surface area contributed by atoms with Gasteiger partial charge in [0.1, 0.15) is 0 Å². The van der Waals surface area contributed by atoms with Crippen molar-refractivity contribution < 1.29 is 16.8 Å². The summed E-state index contributed by atoms with van der Waals surface area (Å²) in [5, 5.41) is 0. The highest BCUT2D eigenvalue weighted by molar-refractivity contribution is 7.93. The van der Waals surface area contributed by atoms with Crippen molar-refractivity contribution >= 4 is 31.4 Å². The minimum absolute atomic E-state index is 0.149. The van der Waals surface area contributed by atoms with E-state index in [2.05, 4.69) is 9.44 Å². The fourth-order valence-corrected chi connectivity index (χ4v) is 5.08. The Morgan fingerprint density at radius 3 is 1.89 bits per heavy atom. The minimum atomic E-state index is -3.82. The molecule has 0 saturated heterocycles. The van der Waals surface area contributed by atoms with E-state index in [-0.39, 0.29) is 16.3 Å². The van der Waals surface area contributed by atoms with Gasteiger partial charge in [-0.1, -0.05) is 43.5 Å². The van der Waals surface area contributed by atoms with E-state index in [9.17, 15) is 16.8 Å². The molecule has 0 amide bonds. The maximum atomic E-state index is 12.7. The zero-order chi connectivity index (χ0) is 19.5. The summed E-state index contributed by atoms with van der Waals surface area (Å²) in [7, 11) is -7.35. The average molecular weight is 409 g/mol. The number of rotatable bonds is 6. The van der Waals surface area contributed by atoms with E-state index < -0.39 is 20.0 Å². The molecule has 0 atom stereocenters. The van der Waals surface area contributed by atoms with Crippen molar-refractivity contribution in [1.82, 2.24) is 0 Å². The van der Waals surface area contributed by atoms with Gasteiger partial charge in [0.15, 0.2) is 0 Å². The third kappa shape index (κ3) is 5.23. The summed E-state index contributed by atoms with van der Waals surface area (Å²) in [6.07, 6.45) is 7.02. The molecular formula is C19H24N2O4S2. The summed E-state index contributed by atoms with van der Waals surface area (Å²) >= 11 is 0. The first-order valence-electron chi connectivity index (χ1n) is 8.94. The fourth-order valence-electron chi connectivity index (χ4n) is 3.42. The molecule has 2 aromatic carbocycles. The van der Waals surface area contributed by atoms with Gasteiger partial charge in [-0.3, -0.25) is 9.44 Å². The van der Waals surface area contributed by atoms with E-state index >= 15 is 0 Å². The van der Waals surface area contributed by atoms with Crippen LogP contribution in [0.25, 0.3) is 0 Å². The Balaban J connectivity index is 1.81. The van der Waals surface area contributed by atoms with E-state index in [0.717, 1.165) is 19.1 Å². The highest BCUT2D eigenvalue weighted by Gasteiger charge is 2.19. The lowest BCUT2D eigenvalue weighted by molar-refractivity contribution is 0.443. The van der Waals surface area contributed by atoms with Crippen LogP contribution in [0.15, 0.2) is 53.4 Å². The normalized spacial score (nSPS) is 16.0. The molecule has 146 valence electrons. The third-order valence-corrected chi connectivity index (χ3v) is 6.71. The summed E-state index contributed by atoms with van der Waals surface area (Å²) in [5.74, 6) is 0.503. The third-order valence-electron chi connectivity index (χ3n) is 4.73. The molecule has 27 heavy (non-hydrogen) atoms. The van der Waals surface area contributed by atoms with Gasteiger partial charge in [0, 0.05) is 0 Å². The zero-order valence-electron chi connectivity index (χ0n) is 15.2. The van der Waals surface area contributed by atoms with Crippen LogP contribution in [0.2, 0.25) is 0 Å². The van der Waals surface area contributed by atoms with Crippen LogP contribution in [-0.4, -0.2) is 23.1 Å². The molecule has 1 aliphatic carbocycles. The molecule has 0 bridgehead atoms. The number of sulfonamides is 2. The second kappa shape index (κ2) is 7.90. The fraction of sp³-hybridized carbons (Fsp3) is 0.368. The number of anilines is 2. The van der Waals surface area contributed by atoms with Crippen LogP contribution in [0.3, 0.4) is 0 Å². The van der Waals surface area contributed by atoms with Gasteiger partial charge in [0.2, 0.25) is 10.0 Å².